The summed E-state index contributed by atoms with van der Waals surface area (Å²) < 4.78 is 0. The van der Waals surface area contributed by atoms with Gasteiger partial charge >= 0.3 is 0 Å². The van der Waals surface area contributed by atoms with Crippen LogP contribution >= 0.6 is 12.2 Å². The van der Waals surface area contributed by atoms with Gasteiger partial charge in [-0.25, -0.2) is 0 Å². The zero-order chi connectivity index (χ0) is 15.9. The van der Waals surface area contributed by atoms with E-state index < -0.39 is 0 Å². The number of rotatable bonds is 5. The number of hydrogen-bond donors (Lipinski definition) is 2. The first-order valence-electron chi connectivity index (χ1n) is 7.77. The topological polar surface area (TPSA) is 24.1 Å². The van der Waals surface area contributed by atoms with Gasteiger partial charge in [0.2, 0.25) is 0 Å². The average molecular weight is 312 g/mol. The molecule has 0 saturated heterocycles. The number of nitrogens with one attached hydrogen (secondary N) is 2. The zero-order valence-electron chi connectivity index (χ0n) is 13.5. The Morgan fingerprint density at radius 1 is 1.00 bits per heavy atom. The van der Waals surface area contributed by atoms with Crippen LogP contribution in [0.4, 0.5) is 0 Å². The van der Waals surface area contributed by atoms with Crippen LogP contribution in [0, 0.1) is 6.92 Å². The molecule has 2 rings (SSSR count). The molecule has 2 aromatic rings. The third-order valence-corrected chi connectivity index (χ3v) is 4.07. The molecular formula is C19H24N2S. The highest BCUT2D eigenvalue weighted by molar-refractivity contribution is 7.80. The van der Waals surface area contributed by atoms with Crippen molar-refractivity contribution in [1.29, 1.82) is 0 Å². The Morgan fingerprint density at radius 2 is 1.59 bits per heavy atom. The number of aryl methyl sites for hydroxylation is 2. The van der Waals surface area contributed by atoms with Gasteiger partial charge in [0.05, 0.1) is 6.04 Å². The molecule has 0 heterocycles. The maximum atomic E-state index is 5.38. The maximum Gasteiger partial charge on any atom is 0.167 e. The van der Waals surface area contributed by atoms with Crippen LogP contribution < -0.4 is 10.6 Å². The van der Waals surface area contributed by atoms with Gasteiger partial charge in [0.1, 0.15) is 0 Å². The van der Waals surface area contributed by atoms with Crippen LogP contribution in [0.3, 0.4) is 0 Å². The Kier molecular flexibility index (Phi) is 5.96. The molecular weight excluding hydrogens is 288 g/mol. The summed E-state index contributed by atoms with van der Waals surface area (Å²) in [5, 5.41) is 7.29. The minimum atomic E-state index is 0.198. The fourth-order valence-corrected chi connectivity index (χ4v) is 2.51. The van der Waals surface area contributed by atoms with E-state index in [4.69, 9.17) is 12.2 Å². The third kappa shape index (κ3) is 4.85. The Morgan fingerprint density at radius 3 is 2.18 bits per heavy atom. The summed E-state index contributed by atoms with van der Waals surface area (Å²) in [6, 6.07) is 17.4. The smallest absolute Gasteiger partial charge is 0.167 e. The predicted molar refractivity (Wildman–Crippen MR) is 98.0 cm³/mol. The van der Waals surface area contributed by atoms with E-state index in [-0.39, 0.29) is 6.04 Å². The summed E-state index contributed by atoms with van der Waals surface area (Å²) in [6.07, 6.45) is 1.07. The summed E-state index contributed by atoms with van der Waals surface area (Å²) in [7, 11) is 0. The quantitative estimate of drug-likeness (QED) is 0.806. The van der Waals surface area contributed by atoms with Crippen molar-refractivity contribution in [3.63, 3.8) is 0 Å². The van der Waals surface area contributed by atoms with Crippen molar-refractivity contribution in [3.8, 4) is 0 Å². The lowest BCUT2D eigenvalue weighted by Crippen LogP contribution is -2.36. The van der Waals surface area contributed by atoms with Crippen LogP contribution in [0.2, 0.25) is 0 Å². The molecule has 2 nitrogen and oxygen atoms in total. The van der Waals surface area contributed by atoms with Gasteiger partial charge in [-0.15, -0.1) is 0 Å². The van der Waals surface area contributed by atoms with Crippen LogP contribution in [0.5, 0.6) is 0 Å². The monoisotopic (exact) mass is 312 g/mol. The van der Waals surface area contributed by atoms with Crippen molar-refractivity contribution < 1.29 is 0 Å². The maximum absolute atomic E-state index is 5.38. The molecule has 0 fully saturated rings. The molecule has 0 radical (unpaired) electrons. The van der Waals surface area contributed by atoms with Gasteiger partial charge < -0.3 is 10.6 Å². The molecule has 0 aliphatic heterocycles. The molecule has 0 bridgehead atoms. The fraction of sp³-hybridized carbons (Fsp3) is 0.316. The van der Waals surface area contributed by atoms with E-state index in [1.165, 1.54) is 22.3 Å². The normalized spacial score (nSPS) is 11.8. The molecule has 0 saturated carbocycles. The molecule has 116 valence electrons. The summed E-state index contributed by atoms with van der Waals surface area (Å²) in [5.74, 6) is 0. The lowest BCUT2D eigenvalue weighted by atomic mass is 10.1. The van der Waals surface area contributed by atoms with E-state index in [2.05, 4.69) is 79.9 Å². The first kappa shape index (κ1) is 16.5. The number of thiocarbonyl (C=S) groups is 1. The summed E-state index contributed by atoms with van der Waals surface area (Å²) in [5.41, 5.74) is 5.11. The molecule has 3 heteroatoms. The molecule has 22 heavy (non-hydrogen) atoms. The van der Waals surface area contributed by atoms with Crippen molar-refractivity contribution in [2.24, 2.45) is 0 Å². The highest BCUT2D eigenvalue weighted by atomic mass is 32.1. The van der Waals surface area contributed by atoms with Gasteiger partial charge in [0, 0.05) is 6.54 Å². The Hall–Kier alpha value is -1.87. The lowest BCUT2D eigenvalue weighted by Gasteiger charge is -2.18. The van der Waals surface area contributed by atoms with Gasteiger partial charge in [-0.3, -0.25) is 0 Å². The lowest BCUT2D eigenvalue weighted by molar-refractivity contribution is 0.697. The zero-order valence-corrected chi connectivity index (χ0v) is 14.3. The molecule has 2 aromatic carbocycles. The number of hydrogen-bond acceptors (Lipinski definition) is 1. The van der Waals surface area contributed by atoms with Crippen LogP contribution in [0.15, 0.2) is 48.5 Å². The van der Waals surface area contributed by atoms with Gasteiger partial charge in [-0.05, 0) is 49.2 Å². The van der Waals surface area contributed by atoms with Gasteiger partial charge in [-0.1, -0.05) is 61.0 Å². The largest absolute Gasteiger partial charge is 0.359 e. The molecule has 2 N–H and O–H groups in total. The fourth-order valence-electron chi connectivity index (χ4n) is 2.26. The first-order chi connectivity index (χ1) is 10.6. The van der Waals surface area contributed by atoms with E-state index in [1.807, 2.05) is 0 Å². The molecule has 1 atom stereocenters. The molecule has 0 aromatic heterocycles. The SMILES string of the molecule is CCc1ccc(C(C)NC(=S)NCc2ccc(C)cc2)cc1. The van der Waals surface area contributed by atoms with Gasteiger partial charge in [-0.2, -0.15) is 0 Å². The molecule has 0 aliphatic carbocycles. The Balaban J connectivity index is 1.83. The highest BCUT2D eigenvalue weighted by Gasteiger charge is 2.06. The first-order valence-corrected chi connectivity index (χ1v) is 8.18. The molecule has 0 amide bonds. The van der Waals surface area contributed by atoms with Crippen LogP contribution in [0.1, 0.15) is 42.1 Å². The second-order valence-electron chi connectivity index (χ2n) is 5.63. The average Bonchev–Trinajstić information content (AvgIpc) is 2.54. The van der Waals surface area contributed by atoms with Crippen molar-refractivity contribution in [1.82, 2.24) is 10.6 Å². The van der Waals surface area contributed by atoms with E-state index in [1.54, 1.807) is 0 Å². The van der Waals surface area contributed by atoms with Crippen LogP contribution in [-0.4, -0.2) is 5.11 Å². The summed E-state index contributed by atoms with van der Waals surface area (Å²) in [6.45, 7) is 7.13. The van der Waals surface area contributed by atoms with Crippen molar-refractivity contribution >= 4 is 17.3 Å². The second kappa shape index (κ2) is 7.95. The van der Waals surface area contributed by atoms with E-state index in [0.717, 1.165) is 13.0 Å². The molecule has 1 unspecified atom stereocenters. The van der Waals surface area contributed by atoms with Crippen molar-refractivity contribution in [2.75, 3.05) is 0 Å². The van der Waals surface area contributed by atoms with E-state index in [0.29, 0.717) is 5.11 Å². The summed E-state index contributed by atoms with van der Waals surface area (Å²) >= 11 is 5.38. The standard InChI is InChI=1S/C19H24N2S/c1-4-16-9-11-18(12-10-16)15(3)21-19(22)20-13-17-7-5-14(2)6-8-17/h5-12,15H,4,13H2,1-3H3,(H2,20,21,22). The molecule has 0 aliphatic rings. The second-order valence-corrected chi connectivity index (χ2v) is 6.04. The highest BCUT2D eigenvalue weighted by Crippen LogP contribution is 2.13. The Labute approximate surface area is 139 Å². The third-order valence-electron chi connectivity index (χ3n) is 3.81. The van der Waals surface area contributed by atoms with Gasteiger partial charge in [0.25, 0.3) is 0 Å². The summed E-state index contributed by atoms with van der Waals surface area (Å²) in [4.78, 5) is 0. The van der Waals surface area contributed by atoms with Crippen molar-refractivity contribution in [2.45, 2.75) is 39.8 Å². The predicted octanol–water partition coefficient (Wildman–Crippen LogP) is 4.28. The minimum absolute atomic E-state index is 0.198. The minimum Gasteiger partial charge on any atom is -0.359 e. The van der Waals surface area contributed by atoms with Gasteiger partial charge in [0.15, 0.2) is 5.11 Å². The van der Waals surface area contributed by atoms with Crippen LogP contribution in [0.25, 0.3) is 0 Å². The Bertz CT molecular complexity index is 602. The van der Waals surface area contributed by atoms with Crippen LogP contribution in [-0.2, 0) is 13.0 Å². The van der Waals surface area contributed by atoms with E-state index >= 15 is 0 Å². The molecule has 0 spiro atoms. The number of benzene rings is 2. The van der Waals surface area contributed by atoms with E-state index in [9.17, 15) is 0 Å². The van der Waals surface area contributed by atoms with Crippen molar-refractivity contribution in [3.05, 3.63) is 70.8 Å².